The molecule has 1 aromatic heterocycles. The van der Waals surface area contributed by atoms with Gasteiger partial charge in [-0.2, -0.15) is 0 Å². The first-order valence-corrected chi connectivity index (χ1v) is 19.4. The van der Waals surface area contributed by atoms with Gasteiger partial charge in [-0.1, -0.05) is 58.0 Å². The van der Waals surface area contributed by atoms with Gasteiger partial charge in [0.1, 0.15) is 30.0 Å². The largest absolute Gasteiger partial charge is 0.458 e. The van der Waals surface area contributed by atoms with Crippen LogP contribution in [0.2, 0.25) is 0 Å². The molecule has 3 aliphatic heterocycles. The van der Waals surface area contributed by atoms with Gasteiger partial charge >= 0.3 is 12.1 Å². The molecule has 0 aliphatic carbocycles. The zero-order valence-corrected chi connectivity index (χ0v) is 33.8. The number of esters is 1. The molecule has 3 saturated heterocycles. The van der Waals surface area contributed by atoms with Crippen molar-refractivity contribution in [2.45, 2.75) is 129 Å². The maximum atomic E-state index is 14.5. The normalized spacial score (nSPS) is 38.3. The van der Waals surface area contributed by atoms with Crippen molar-refractivity contribution < 1.29 is 48.0 Å². The lowest BCUT2D eigenvalue weighted by atomic mass is 9.73. The minimum Gasteiger partial charge on any atom is -0.458 e. The van der Waals surface area contributed by atoms with Gasteiger partial charge in [-0.25, -0.2) is 15.6 Å². The molecule has 2 aromatic rings. The Morgan fingerprint density at radius 2 is 1.75 bits per heavy atom. The van der Waals surface area contributed by atoms with Crippen LogP contribution in [0.25, 0.3) is 17.0 Å². The number of carbonyl (C=O) groups is 4. The third-order valence-electron chi connectivity index (χ3n) is 12.1. The number of aliphatic hydroxyl groups excluding tert-OH is 1. The van der Waals surface area contributed by atoms with Crippen molar-refractivity contribution in [3.63, 3.8) is 0 Å². The minimum absolute atomic E-state index is 0.0629. The number of aromatic amines is 1. The predicted octanol–water partition coefficient (Wildman–Crippen LogP) is 4.63. The Hall–Kier alpha value is -3.66. The van der Waals surface area contributed by atoms with Crippen LogP contribution in [-0.2, 0) is 38.1 Å². The van der Waals surface area contributed by atoms with Crippen LogP contribution in [0.15, 0.2) is 36.5 Å². The number of aromatic nitrogens is 1. The van der Waals surface area contributed by atoms with E-state index < -0.39 is 83.4 Å². The number of amides is 1. The number of nitrogens with two attached hydrogens (primary N) is 1. The predicted molar refractivity (Wildman–Crippen MR) is 205 cm³/mol. The van der Waals surface area contributed by atoms with Gasteiger partial charge in [-0.15, -0.1) is 0 Å². The van der Waals surface area contributed by atoms with Gasteiger partial charge < -0.3 is 38.7 Å². The quantitative estimate of drug-likeness (QED) is 0.147. The zero-order valence-electron chi connectivity index (χ0n) is 33.8. The SMILES string of the molecule is CCC1OC(=O)[C@H](C)C(=O)[C@H](C)[C@@H](O[C@@H]2O[C@H](C)C[C@H](N(C)C)[C@H]2O)[C@](C)(OC/C=C/c2c[nH]c3ccccc23)C[C@@H](C)C(=O)[C@H](C)[C@H]2N(N)C(=O)O[C@]12C. The molecule has 3 fully saturated rings. The number of rotatable bonds is 8. The third-order valence-corrected chi connectivity index (χ3v) is 12.1. The van der Waals surface area contributed by atoms with E-state index in [1.165, 1.54) is 6.92 Å². The van der Waals surface area contributed by atoms with Crippen LogP contribution in [0.4, 0.5) is 4.79 Å². The van der Waals surface area contributed by atoms with E-state index in [0.29, 0.717) is 6.42 Å². The number of ketones is 2. The lowest BCUT2D eigenvalue weighted by Crippen LogP contribution is -2.61. The van der Waals surface area contributed by atoms with Crippen molar-refractivity contribution in [3.8, 4) is 0 Å². The van der Waals surface area contributed by atoms with Crippen LogP contribution in [0.3, 0.4) is 0 Å². The van der Waals surface area contributed by atoms with Gasteiger partial charge in [0.15, 0.2) is 17.7 Å². The molecule has 304 valence electrons. The number of fused-ring (bicyclic) bond motifs is 2. The molecule has 14 nitrogen and oxygen atoms in total. The summed E-state index contributed by atoms with van der Waals surface area (Å²) in [5.41, 5.74) is -0.929. The summed E-state index contributed by atoms with van der Waals surface area (Å²) < 4.78 is 31.4. The number of hydrogen-bond donors (Lipinski definition) is 3. The Labute approximate surface area is 323 Å². The Kier molecular flexibility index (Phi) is 13.0. The van der Waals surface area contributed by atoms with E-state index in [0.717, 1.165) is 21.5 Å². The summed E-state index contributed by atoms with van der Waals surface area (Å²) in [4.78, 5) is 60.9. The number of nitrogens with one attached hydrogen (secondary N) is 1. The van der Waals surface area contributed by atoms with E-state index in [1.807, 2.05) is 68.5 Å². The Morgan fingerprint density at radius 1 is 1.05 bits per heavy atom. The maximum absolute atomic E-state index is 14.5. The molecule has 1 aromatic carbocycles. The Bertz CT molecular complexity index is 1750. The van der Waals surface area contributed by atoms with Gasteiger partial charge in [0.25, 0.3) is 0 Å². The summed E-state index contributed by atoms with van der Waals surface area (Å²) in [5.74, 6) is 0.873. The summed E-state index contributed by atoms with van der Waals surface area (Å²) in [7, 11) is 3.73. The number of hydrogen-bond acceptors (Lipinski definition) is 12. The lowest BCUT2D eigenvalue weighted by molar-refractivity contribution is -0.296. The second-order valence-electron chi connectivity index (χ2n) is 16.4. The Balaban J connectivity index is 1.58. The fourth-order valence-electron chi connectivity index (χ4n) is 9.00. The van der Waals surface area contributed by atoms with Crippen molar-refractivity contribution in [2.75, 3.05) is 20.7 Å². The number of benzene rings is 1. The van der Waals surface area contributed by atoms with Crippen LogP contribution in [0, 0.1) is 23.7 Å². The van der Waals surface area contributed by atoms with E-state index >= 15 is 0 Å². The third kappa shape index (κ3) is 8.40. The minimum atomic E-state index is -1.49. The molecule has 0 spiro atoms. The van der Waals surface area contributed by atoms with Gasteiger partial charge in [0.2, 0.25) is 0 Å². The zero-order chi connectivity index (χ0) is 40.6. The van der Waals surface area contributed by atoms with E-state index in [2.05, 4.69) is 4.98 Å². The van der Waals surface area contributed by atoms with Crippen LogP contribution >= 0.6 is 0 Å². The fraction of sp³-hybridized carbons (Fsp3) is 0.659. The number of cyclic esters (lactones) is 1. The molecule has 13 atom stereocenters. The molecule has 1 amide bonds. The monoisotopic (exact) mass is 768 g/mol. The van der Waals surface area contributed by atoms with Crippen LogP contribution in [-0.4, -0.2) is 118 Å². The summed E-state index contributed by atoms with van der Waals surface area (Å²) in [6.45, 7) is 13.7. The average Bonchev–Trinajstić information content (AvgIpc) is 3.66. The van der Waals surface area contributed by atoms with Crippen molar-refractivity contribution >= 4 is 40.6 Å². The average molecular weight is 769 g/mol. The summed E-state index contributed by atoms with van der Waals surface area (Å²) in [6, 6.07) is 6.62. The van der Waals surface area contributed by atoms with E-state index in [4.69, 9.17) is 29.5 Å². The lowest BCUT2D eigenvalue weighted by Gasteiger charge is -2.47. The first-order chi connectivity index (χ1) is 25.8. The van der Waals surface area contributed by atoms with Crippen molar-refractivity contribution in [3.05, 3.63) is 42.1 Å². The number of hydrazine groups is 1. The second kappa shape index (κ2) is 16.8. The summed E-state index contributed by atoms with van der Waals surface area (Å²) in [6.07, 6.45) is 0.996. The topological polar surface area (TPSA) is 183 Å². The second-order valence-corrected chi connectivity index (χ2v) is 16.4. The molecule has 4 heterocycles. The van der Waals surface area contributed by atoms with Crippen molar-refractivity contribution in [1.82, 2.24) is 14.9 Å². The van der Waals surface area contributed by atoms with E-state index in [-0.39, 0.29) is 37.4 Å². The van der Waals surface area contributed by atoms with Gasteiger partial charge in [-0.05, 0) is 72.7 Å². The highest BCUT2D eigenvalue weighted by molar-refractivity contribution is 6.00. The molecule has 4 N–H and O–H groups in total. The van der Waals surface area contributed by atoms with Crippen LogP contribution in [0.1, 0.15) is 80.2 Å². The number of likely N-dealkylation sites (N-methyl/N-ethyl adjacent to an activating group) is 1. The van der Waals surface area contributed by atoms with Crippen LogP contribution in [0.5, 0.6) is 0 Å². The number of ether oxygens (including phenoxy) is 5. The molecule has 0 saturated carbocycles. The first kappa shape index (κ1) is 42.5. The molecular weight excluding hydrogens is 708 g/mol. The maximum Gasteiger partial charge on any atom is 0.425 e. The first-order valence-electron chi connectivity index (χ1n) is 19.4. The number of H-pyrrole nitrogens is 1. The molecular formula is C41H60N4O10. The smallest absolute Gasteiger partial charge is 0.425 e. The van der Waals surface area contributed by atoms with Crippen molar-refractivity contribution in [1.29, 1.82) is 0 Å². The number of nitrogens with zero attached hydrogens (tertiary/aromatic N) is 2. The van der Waals surface area contributed by atoms with Gasteiger partial charge in [-0.3, -0.25) is 14.4 Å². The molecule has 3 aliphatic rings. The summed E-state index contributed by atoms with van der Waals surface area (Å²) >= 11 is 0. The summed E-state index contributed by atoms with van der Waals surface area (Å²) in [5, 5.41) is 13.5. The standard InChI is InChI=1S/C41H60N4O10/c1-11-31-41(8)35(45(42)39(50)55-41)24(4)32(46)22(2)20-40(7,51-18-14-15-27-21-43-29-17-13-12-16-28(27)29)36(25(5)33(47)26(6)37(49)53-31)54-38-34(48)30(44(9)10)19-23(3)52-38/h12-17,21-26,30-31,34-36,38,43,48H,11,18-20,42H2,1-10H3/b15-14+/t22-,23-,24+,25+,26-,30+,31?,34-,35-,36-,38+,40-,41-/m1/s1. The molecule has 0 bridgehead atoms. The van der Waals surface area contributed by atoms with Gasteiger partial charge in [0.05, 0.1) is 24.4 Å². The Morgan fingerprint density at radius 3 is 2.42 bits per heavy atom. The molecule has 1 unspecified atom stereocenters. The molecule has 14 heteroatoms. The highest BCUT2D eigenvalue weighted by Gasteiger charge is 2.60. The highest BCUT2D eigenvalue weighted by atomic mass is 16.7. The number of para-hydroxylation sites is 1. The van der Waals surface area contributed by atoms with Gasteiger partial charge in [0, 0.05) is 40.9 Å². The van der Waals surface area contributed by atoms with E-state index in [1.54, 1.807) is 41.5 Å². The fourth-order valence-corrected chi connectivity index (χ4v) is 9.00. The molecule has 5 rings (SSSR count). The molecule has 0 radical (unpaired) electrons. The number of carbonyl (C=O) groups excluding carboxylic acids is 4. The number of aliphatic hydroxyl groups is 1. The van der Waals surface area contributed by atoms with Crippen molar-refractivity contribution in [2.24, 2.45) is 29.5 Å². The van der Waals surface area contributed by atoms with Crippen LogP contribution < -0.4 is 5.84 Å². The highest BCUT2D eigenvalue weighted by Crippen LogP contribution is 2.42. The molecule has 55 heavy (non-hydrogen) atoms. The number of Topliss-reactive ketones (excluding diaryl/α,β-unsaturated/α-hetero) is 2. The van der Waals surface area contributed by atoms with E-state index in [9.17, 15) is 24.3 Å².